The van der Waals surface area contributed by atoms with Crippen LogP contribution >= 0.6 is 12.4 Å². The van der Waals surface area contributed by atoms with Gasteiger partial charge in [0.15, 0.2) is 5.82 Å². The molecule has 0 saturated carbocycles. The number of carbonyl (C=O) groups excluding carboxylic acids is 1. The van der Waals surface area contributed by atoms with Crippen molar-refractivity contribution < 1.29 is 9.18 Å². The number of nitrogens with one attached hydrogen (secondary N) is 1. The Morgan fingerprint density at radius 2 is 2.30 bits per heavy atom. The fourth-order valence-corrected chi connectivity index (χ4v) is 1.61. The normalized spacial score (nSPS) is 11.6. The van der Waals surface area contributed by atoms with Crippen LogP contribution in [0.2, 0.25) is 0 Å². The van der Waals surface area contributed by atoms with Crippen molar-refractivity contribution >= 4 is 24.0 Å². The van der Waals surface area contributed by atoms with Crippen LogP contribution in [0.5, 0.6) is 0 Å². The Balaban J connectivity index is 0.00000200. The predicted octanol–water partition coefficient (Wildman–Crippen LogP) is 1.50. The highest BCUT2D eigenvalue weighted by Gasteiger charge is 2.09. The topological polar surface area (TPSA) is 85.8 Å². The minimum atomic E-state index is -0.496. The Morgan fingerprint density at radius 1 is 1.55 bits per heavy atom. The first-order valence-corrected chi connectivity index (χ1v) is 5.76. The summed E-state index contributed by atoms with van der Waals surface area (Å²) in [6.45, 7) is 1.73. The van der Waals surface area contributed by atoms with Crippen LogP contribution in [0.4, 0.5) is 10.1 Å². The SMILES string of the molecule is CC(N)CC(=O)Nc1ccc(-n2cncn2)c(F)c1.Cl. The summed E-state index contributed by atoms with van der Waals surface area (Å²) in [7, 11) is 0. The lowest BCUT2D eigenvalue weighted by Gasteiger charge is -2.09. The molecule has 8 heteroatoms. The highest BCUT2D eigenvalue weighted by molar-refractivity contribution is 5.91. The number of aromatic nitrogens is 3. The first kappa shape index (κ1) is 16.1. The number of nitrogens with zero attached hydrogens (tertiary/aromatic N) is 3. The minimum Gasteiger partial charge on any atom is -0.327 e. The molecule has 108 valence electrons. The van der Waals surface area contributed by atoms with E-state index in [1.54, 1.807) is 13.0 Å². The Labute approximate surface area is 121 Å². The smallest absolute Gasteiger partial charge is 0.225 e. The average molecular weight is 300 g/mol. The molecule has 0 aliphatic carbocycles. The molecule has 2 aromatic rings. The molecule has 1 atom stereocenters. The molecule has 1 aromatic carbocycles. The van der Waals surface area contributed by atoms with Gasteiger partial charge in [-0.25, -0.2) is 14.1 Å². The lowest BCUT2D eigenvalue weighted by Crippen LogP contribution is -2.24. The zero-order valence-corrected chi connectivity index (χ0v) is 11.6. The number of hydrogen-bond donors (Lipinski definition) is 2. The zero-order valence-electron chi connectivity index (χ0n) is 10.8. The lowest BCUT2D eigenvalue weighted by molar-refractivity contribution is -0.116. The number of rotatable bonds is 4. The molecule has 0 spiro atoms. The quantitative estimate of drug-likeness (QED) is 0.896. The van der Waals surface area contributed by atoms with Gasteiger partial charge in [-0.2, -0.15) is 5.10 Å². The van der Waals surface area contributed by atoms with Crippen LogP contribution in [0.25, 0.3) is 5.69 Å². The van der Waals surface area contributed by atoms with Gasteiger partial charge in [0, 0.05) is 18.2 Å². The monoisotopic (exact) mass is 299 g/mol. The van der Waals surface area contributed by atoms with Crippen molar-refractivity contribution in [3.63, 3.8) is 0 Å². The average Bonchev–Trinajstić information content (AvgIpc) is 2.81. The molecule has 0 radical (unpaired) electrons. The Morgan fingerprint density at radius 3 is 2.85 bits per heavy atom. The summed E-state index contributed by atoms with van der Waals surface area (Å²) in [6, 6.07) is 4.11. The summed E-state index contributed by atoms with van der Waals surface area (Å²) < 4.78 is 15.2. The Kier molecular flexibility index (Phi) is 5.60. The number of amides is 1. The molecular formula is C12H15ClFN5O. The maximum Gasteiger partial charge on any atom is 0.225 e. The molecule has 6 nitrogen and oxygen atoms in total. The van der Waals surface area contributed by atoms with Gasteiger partial charge in [-0.3, -0.25) is 4.79 Å². The first-order chi connectivity index (χ1) is 9.06. The van der Waals surface area contributed by atoms with Crippen molar-refractivity contribution in [1.29, 1.82) is 0 Å². The predicted molar refractivity (Wildman–Crippen MR) is 75.5 cm³/mol. The first-order valence-electron chi connectivity index (χ1n) is 5.76. The van der Waals surface area contributed by atoms with E-state index in [2.05, 4.69) is 15.4 Å². The summed E-state index contributed by atoms with van der Waals surface area (Å²) >= 11 is 0. The van der Waals surface area contributed by atoms with Gasteiger partial charge in [0.25, 0.3) is 0 Å². The molecule has 1 unspecified atom stereocenters. The van der Waals surface area contributed by atoms with Gasteiger partial charge in [0.2, 0.25) is 5.91 Å². The van der Waals surface area contributed by atoms with E-state index in [0.29, 0.717) is 5.69 Å². The number of nitrogens with two attached hydrogens (primary N) is 1. The van der Waals surface area contributed by atoms with E-state index in [1.807, 2.05) is 0 Å². The molecule has 0 aliphatic heterocycles. The van der Waals surface area contributed by atoms with Gasteiger partial charge in [0.05, 0.1) is 0 Å². The van der Waals surface area contributed by atoms with E-state index in [0.717, 1.165) is 0 Å². The van der Waals surface area contributed by atoms with E-state index < -0.39 is 5.82 Å². The minimum absolute atomic E-state index is 0. The molecule has 20 heavy (non-hydrogen) atoms. The maximum atomic E-state index is 13.9. The van der Waals surface area contributed by atoms with Crippen molar-refractivity contribution in [3.05, 3.63) is 36.7 Å². The van der Waals surface area contributed by atoms with Gasteiger partial charge in [-0.15, -0.1) is 12.4 Å². The zero-order chi connectivity index (χ0) is 13.8. The standard InChI is InChI=1S/C12H14FN5O.ClH/c1-8(14)4-12(19)17-9-2-3-11(10(13)5-9)18-7-15-6-16-18;/h2-3,5-8H,4,14H2,1H3,(H,17,19);1H. The second-order valence-electron chi connectivity index (χ2n) is 4.24. The van der Waals surface area contributed by atoms with E-state index in [1.165, 1.54) is 29.5 Å². The molecule has 2 rings (SSSR count). The van der Waals surface area contributed by atoms with Crippen LogP contribution < -0.4 is 11.1 Å². The van der Waals surface area contributed by atoms with Gasteiger partial charge in [0.1, 0.15) is 18.3 Å². The van der Waals surface area contributed by atoms with Crippen molar-refractivity contribution in [2.45, 2.75) is 19.4 Å². The largest absolute Gasteiger partial charge is 0.327 e. The van der Waals surface area contributed by atoms with E-state index in [9.17, 15) is 9.18 Å². The number of anilines is 1. The number of halogens is 2. The van der Waals surface area contributed by atoms with Gasteiger partial charge in [-0.1, -0.05) is 0 Å². The summed E-state index contributed by atoms with van der Waals surface area (Å²) in [5.74, 6) is -0.744. The molecule has 0 fully saturated rings. The Hall–Kier alpha value is -1.99. The van der Waals surface area contributed by atoms with Crippen LogP contribution in [-0.4, -0.2) is 26.7 Å². The highest BCUT2D eigenvalue weighted by Crippen LogP contribution is 2.17. The third-order valence-corrected chi connectivity index (χ3v) is 2.40. The molecular weight excluding hydrogens is 285 g/mol. The lowest BCUT2D eigenvalue weighted by atomic mass is 10.2. The second kappa shape index (κ2) is 6.97. The van der Waals surface area contributed by atoms with Crippen molar-refractivity contribution in [1.82, 2.24) is 14.8 Å². The molecule has 0 aliphatic rings. The molecule has 1 heterocycles. The van der Waals surface area contributed by atoms with Crippen LogP contribution in [0.1, 0.15) is 13.3 Å². The van der Waals surface area contributed by atoms with Gasteiger partial charge < -0.3 is 11.1 Å². The summed E-state index contributed by atoms with van der Waals surface area (Å²) in [5.41, 5.74) is 6.16. The third-order valence-electron chi connectivity index (χ3n) is 2.40. The van der Waals surface area contributed by atoms with Gasteiger partial charge in [-0.05, 0) is 25.1 Å². The van der Waals surface area contributed by atoms with Crippen LogP contribution in [-0.2, 0) is 4.79 Å². The fraction of sp³-hybridized carbons (Fsp3) is 0.250. The van der Waals surface area contributed by atoms with Crippen molar-refractivity contribution in [2.75, 3.05) is 5.32 Å². The summed E-state index contributed by atoms with van der Waals surface area (Å²) in [4.78, 5) is 15.3. The van der Waals surface area contributed by atoms with E-state index >= 15 is 0 Å². The third kappa shape index (κ3) is 4.01. The highest BCUT2D eigenvalue weighted by atomic mass is 35.5. The van der Waals surface area contributed by atoms with Crippen LogP contribution in [0.3, 0.4) is 0 Å². The Bertz CT molecular complexity index is 573. The molecule has 1 aromatic heterocycles. The van der Waals surface area contributed by atoms with Gasteiger partial charge >= 0.3 is 0 Å². The molecule has 3 N–H and O–H groups in total. The van der Waals surface area contributed by atoms with Crippen LogP contribution in [0.15, 0.2) is 30.9 Å². The van der Waals surface area contributed by atoms with E-state index in [-0.39, 0.29) is 36.5 Å². The van der Waals surface area contributed by atoms with Crippen LogP contribution in [0, 0.1) is 5.82 Å². The molecule has 0 bridgehead atoms. The second-order valence-corrected chi connectivity index (χ2v) is 4.24. The van der Waals surface area contributed by atoms with Crippen molar-refractivity contribution in [2.24, 2.45) is 5.73 Å². The summed E-state index contributed by atoms with van der Waals surface area (Å²) in [5, 5.41) is 6.42. The number of hydrogen-bond acceptors (Lipinski definition) is 4. The fourth-order valence-electron chi connectivity index (χ4n) is 1.61. The molecule has 0 saturated heterocycles. The number of carbonyl (C=O) groups is 1. The number of benzene rings is 1. The molecule has 1 amide bonds. The summed E-state index contributed by atoms with van der Waals surface area (Å²) in [6.07, 6.45) is 2.90. The maximum absolute atomic E-state index is 13.9. The van der Waals surface area contributed by atoms with E-state index in [4.69, 9.17) is 5.73 Å². The van der Waals surface area contributed by atoms with Crippen molar-refractivity contribution in [3.8, 4) is 5.69 Å².